The Morgan fingerprint density at radius 1 is 1.00 bits per heavy atom. The van der Waals surface area contributed by atoms with Crippen LogP contribution in [-0.2, 0) is 4.57 Å². The summed E-state index contributed by atoms with van der Waals surface area (Å²) in [5, 5.41) is 0.794. The smallest absolute Gasteiger partial charge is 0.138 e. The molecule has 0 amide bonds. The Kier molecular flexibility index (Phi) is 20.2. The highest BCUT2D eigenvalue weighted by Gasteiger charge is 1.74. The highest BCUT2D eigenvalue weighted by atomic mass is 35.5. The molecule has 0 aliphatic carbocycles. The molecule has 0 saturated carbocycles. The molecule has 0 unspecified atom stereocenters. The third kappa shape index (κ3) is 10.2. The first kappa shape index (κ1) is 17.3. The first-order valence-electron chi connectivity index (χ1n) is 2.30. The summed E-state index contributed by atoms with van der Waals surface area (Å²) in [5.74, 6) is 0. The van der Waals surface area contributed by atoms with Crippen LogP contribution in [0, 0.1) is 0 Å². The van der Waals surface area contributed by atoms with Gasteiger partial charge in [-0.25, -0.2) is 0 Å². The van der Waals surface area contributed by atoms with Crippen molar-refractivity contribution in [3.8, 4) is 0 Å². The number of benzene rings is 1. The van der Waals surface area contributed by atoms with Crippen LogP contribution in [0.3, 0.4) is 0 Å². The van der Waals surface area contributed by atoms with Crippen LogP contribution in [0.5, 0.6) is 0 Å². The summed E-state index contributed by atoms with van der Waals surface area (Å²) in [6, 6.07) is 9.44. The Morgan fingerprint density at radius 2 is 1.36 bits per heavy atom. The van der Waals surface area contributed by atoms with E-state index in [1.54, 1.807) is 9.12 Å². The monoisotopic (exact) mass is 232 g/mol. The van der Waals surface area contributed by atoms with Crippen LogP contribution in [0.4, 0.5) is 0 Å². The molecule has 64 valence electrons. The lowest BCUT2D eigenvalue weighted by atomic mass is 10.4. The van der Waals surface area contributed by atoms with Crippen molar-refractivity contribution in [2.45, 2.75) is 0 Å². The van der Waals surface area contributed by atoms with Crippen molar-refractivity contribution in [3.05, 3.63) is 35.4 Å². The van der Waals surface area contributed by atoms with Crippen molar-refractivity contribution in [1.82, 2.24) is 0 Å². The number of halogens is 3. The minimum Gasteiger partial charge on any atom is -0.279 e. The fraction of sp³-hybridized carbons (Fsp3) is 0. The Labute approximate surface area is 85.6 Å². The first-order valence-corrected chi connectivity index (χ1v) is 3.09. The van der Waals surface area contributed by atoms with Crippen molar-refractivity contribution >= 4 is 45.5 Å². The van der Waals surface area contributed by atoms with Gasteiger partial charge in [0.05, 0.1) is 0 Å². The van der Waals surface area contributed by atoms with Gasteiger partial charge in [0.25, 0.3) is 0 Å². The Hall–Kier alpha value is 0.190. The molecule has 0 fully saturated rings. The molecule has 1 rings (SSSR count). The van der Waals surface area contributed by atoms with E-state index in [1.165, 1.54) is 0 Å². The van der Waals surface area contributed by atoms with E-state index in [0.717, 1.165) is 5.02 Å². The van der Waals surface area contributed by atoms with Crippen LogP contribution in [0.25, 0.3) is 0 Å². The lowest BCUT2D eigenvalue weighted by Crippen LogP contribution is -1.55. The van der Waals surface area contributed by atoms with Crippen molar-refractivity contribution in [2.24, 2.45) is 0 Å². The minimum atomic E-state index is 0. The van der Waals surface area contributed by atoms with Gasteiger partial charge in [0.15, 0.2) is 0 Å². The molecule has 0 aliphatic heterocycles. The van der Waals surface area contributed by atoms with Gasteiger partial charge < -0.3 is 0 Å². The average molecular weight is 233 g/mol. The molecule has 0 radical (unpaired) electrons. The summed E-state index contributed by atoms with van der Waals surface area (Å²) >= 11 is 5.54. The molecule has 1 nitrogen and oxygen atoms in total. The zero-order valence-corrected chi connectivity index (χ0v) is 8.88. The second kappa shape index (κ2) is 12.8. The predicted molar refractivity (Wildman–Crippen MR) is 54.9 cm³/mol. The lowest BCUT2D eigenvalue weighted by molar-refractivity contribution is 0.607. The van der Waals surface area contributed by atoms with E-state index in [-0.39, 0.29) is 24.8 Å². The Morgan fingerprint density at radius 3 is 1.55 bits per heavy atom. The van der Waals surface area contributed by atoms with Crippen LogP contribution >= 0.6 is 45.5 Å². The molecule has 0 saturated heterocycles. The quantitative estimate of drug-likeness (QED) is 0.625. The number of hydrogen-bond donors (Lipinski definition) is 0. The van der Waals surface area contributed by atoms with E-state index >= 15 is 0 Å². The molecule has 0 heterocycles. The van der Waals surface area contributed by atoms with Crippen LogP contribution in [0.1, 0.15) is 0 Å². The predicted octanol–water partition coefficient (Wildman–Crippen LogP) is 3.66. The van der Waals surface area contributed by atoms with E-state index in [0.29, 0.717) is 0 Å². The Bertz CT molecular complexity index is 159. The third-order valence-corrected chi connectivity index (χ3v) is 0.985. The van der Waals surface area contributed by atoms with Crippen LogP contribution < -0.4 is 0 Å². The topological polar surface area (TPSA) is 17.1 Å². The van der Waals surface area contributed by atoms with Gasteiger partial charge in [0.1, 0.15) is 9.12 Å². The zero-order valence-electron chi connectivity index (χ0n) is 5.49. The van der Waals surface area contributed by atoms with Gasteiger partial charge in [-0.1, -0.05) is 29.8 Å². The normalized spacial score (nSPS) is 5.91. The molecule has 0 N–H and O–H groups in total. The molecule has 0 bridgehead atoms. The van der Waals surface area contributed by atoms with Gasteiger partial charge >= 0.3 is 0 Å². The molecule has 0 spiro atoms. The molecular weight excluding hydrogens is 225 g/mol. The highest BCUT2D eigenvalue weighted by Crippen LogP contribution is 2.03. The fourth-order valence-corrected chi connectivity index (χ4v) is 0.560. The maximum atomic E-state index is 8.06. The Balaban J connectivity index is -0.000000149. The van der Waals surface area contributed by atoms with E-state index < -0.39 is 0 Å². The molecule has 5 heteroatoms. The van der Waals surface area contributed by atoms with E-state index in [1.807, 2.05) is 30.3 Å². The van der Waals surface area contributed by atoms with Crippen LogP contribution in [0.2, 0.25) is 5.02 Å². The summed E-state index contributed by atoms with van der Waals surface area (Å²) < 4.78 is 8.06. The first-order chi connectivity index (χ1) is 4.39. The average Bonchev–Trinajstić information content (AvgIpc) is 1.94. The molecule has 0 aromatic heterocycles. The minimum absolute atomic E-state index is 0. The SMILES string of the molecule is Cl.Cl.Clc1ccccc1.O=P. The molecule has 0 atom stereocenters. The van der Waals surface area contributed by atoms with Crippen LogP contribution in [0.15, 0.2) is 30.3 Å². The van der Waals surface area contributed by atoms with Crippen molar-refractivity contribution < 1.29 is 4.57 Å². The van der Waals surface area contributed by atoms with Crippen molar-refractivity contribution in [2.75, 3.05) is 0 Å². The molecule has 1 aromatic rings. The van der Waals surface area contributed by atoms with E-state index in [4.69, 9.17) is 16.2 Å². The maximum absolute atomic E-state index is 8.06. The van der Waals surface area contributed by atoms with Gasteiger partial charge in [0.2, 0.25) is 0 Å². The summed E-state index contributed by atoms with van der Waals surface area (Å²) in [7, 11) is 1.72. The highest BCUT2D eigenvalue weighted by molar-refractivity contribution is 7.00. The summed E-state index contributed by atoms with van der Waals surface area (Å²) in [6.07, 6.45) is 0. The summed E-state index contributed by atoms with van der Waals surface area (Å²) in [5.41, 5.74) is 0. The summed E-state index contributed by atoms with van der Waals surface area (Å²) in [4.78, 5) is 0. The van der Waals surface area contributed by atoms with E-state index in [9.17, 15) is 0 Å². The molecule has 11 heavy (non-hydrogen) atoms. The van der Waals surface area contributed by atoms with Gasteiger partial charge in [-0.2, -0.15) is 0 Å². The van der Waals surface area contributed by atoms with E-state index in [2.05, 4.69) is 0 Å². The standard InChI is InChI=1S/C6H5Cl.2ClH.HOP/c7-6-4-2-1-3-5-6;;;1-2/h1-5H;2*1H;2H. The number of rotatable bonds is 0. The second-order valence-electron chi connectivity index (χ2n) is 1.30. The molecular formula is C6H8Cl3OP. The second-order valence-corrected chi connectivity index (χ2v) is 1.73. The molecule has 0 aliphatic rings. The van der Waals surface area contributed by atoms with Crippen LogP contribution in [-0.4, -0.2) is 0 Å². The van der Waals surface area contributed by atoms with Gasteiger partial charge in [-0.3, -0.25) is 4.57 Å². The van der Waals surface area contributed by atoms with Crippen molar-refractivity contribution in [3.63, 3.8) is 0 Å². The molecule has 1 aromatic carbocycles. The van der Waals surface area contributed by atoms with Gasteiger partial charge in [0, 0.05) is 5.02 Å². The largest absolute Gasteiger partial charge is 0.279 e. The van der Waals surface area contributed by atoms with Crippen molar-refractivity contribution in [1.29, 1.82) is 0 Å². The fourth-order valence-electron chi connectivity index (χ4n) is 0.415. The van der Waals surface area contributed by atoms with Gasteiger partial charge in [-0.05, 0) is 12.1 Å². The van der Waals surface area contributed by atoms with Gasteiger partial charge in [-0.15, -0.1) is 24.8 Å². The third-order valence-electron chi connectivity index (χ3n) is 0.733. The number of hydrogen-bond acceptors (Lipinski definition) is 1. The zero-order chi connectivity index (χ0) is 7.11. The lowest BCUT2D eigenvalue weighted by Gasteiger charge is -1.80. The summed E-state index contributed by atoms with van der Waals surface area (Å²) in [6.45, 7) is 0. The maximum Gasteiger partial charge on any atom is 0.138 e.